The van der Waals surface area contributed by atoms with Crippen molar-refractivity contribution in [2.45, 2.75) is 51.0 Å². The highest BCUT2D eigenvalue weighted by Crippen LogP contribution is 2.17. The van der Waals surface area contributed by atoms with Gasteiger partial charge >= 0.3 is 0 Å². The first-order chi connectivity index (χ1) is 8.34. The van der Waals surface area contributed by atoms with E-state index in [0.717, 1.165) is 13.0 Å². The molecule has 1 N–H and O–H groups in total. The van der Waals surface area contributed by atoms with E-state index in [0.29, 0.717) is 6.04 Å². The molecular weight excluding hydrogens is 213 g/mol. The van der Waals surface area contributed by atoms with Gasteiger partial charge in [0.1, 0.15) is 5.82 Å². The molecule has 0 heterocycles. The molecule has 1 saturated carbocycles. The first-order valence-electron chi connectivity index (χ1n) is 6.82. The van der Waals surface area contributed by atoms with Crippen LogP contribution in [-0.2, 0) is 6.42 Å². The lowest BCUT2D eigenvalue weighted by atomic mass is 10.1. The van der Waals surface area contributed by atoms with Crippen molar-refractivity contribution in [1.29, 1.82) is 0 Å². The Balaban J connectivity index is 1.69. The summed E-state index contributed by atoms with van der Waals surface area (Å²) in [6.07, 6.45) is 9.18. The minimum absolute atomic E-state index is 0.148. The summed E-state index contributed by atoms with van der Waals surface area (Å²) >= 11 is 0. The van der Waals surface area contributed by atoms with Crippen LogP contribution in [0.2, 0.25) is 0 Å². The summed E-state index contributed by atoms with van der Waals surface area (Å²) < 4.78 is 12.7. The van der Waals surface area contributed by atoms with E-state index in [1.807, 2.05) is 12.1 Å². The Morgan fingerprint density at radius 3 is 2.29 bits per heavy atom. The van der Waals surface area contributed by atoms with Crippen LogP contribution in [0.25, 0.3) is 0 Å². The number of halogens is 1. The number of hydrogen-bond donors (Lipinski definition) is 1. The van der Waals surface area contributed by atoms with Crippen LogP contribution in [0.15, 0.2) is 24.3 Å². The predicted molar refractivity (Wildman–Crippen MR) is 69.6 cm³/mol. The number of hydrogen-bond acceptors (Lipinski definition) is 1. The monoisotopic (exact) mass is 235 g/mol. The maximum absolute atomic E-state index is 12.7. The molecule has 17 heavy (non-hydrogen) atoms. The SMILES string of the molecule is Fc1ccc(CCNC2CCCCCC2)cc1. The van der Waals surface area contributed by atoms with Crippen molar-refractivity contribution < 1.29 is 4.39 Å². The summed E-state index contributed by atoms with van der Waals surface area (Å²) in [6.45, 7) is 1.01. The molecule has 0 radical (unpaired) electrons. The Bertz CT molecular complexity index is 312. The van der Waals surface area contributed by atoms with E-state index in [2.05, 4.69) is 5.32 Å². The van der Waals surface area contributed by atoms with E-state index in [1.54, 1.807) is 12.1 Å². The van der Waals surface area contributed by atoms with Gasteiger partial charge in [0.05, 0.1) is 0 Å². The average Bonchev–Trinajstić information content (AvgIpc) is 2.60. The van der Waals surface area contributed by atoms with E-state index in [4.69, 9.17) is 0 Å². The van der Waals surface area contributed by atoms with E-state index < -0.39 is 0 Å². The van der Waals surface area contributed by atoms with Gasteiger partial charge in [-0.25, -0.2) is 4.39 Å². The highest BCUT2D eigenvalue weighted by molar-refractivity contribution is 5.16. The van der Waals surface area contributed by atoms with Gasteiger partial charge in [0.15, 0.2) is 0 Å². The van der Waals surface area contributed by atoms with Crippen LogP contribution in [0.3, 0.4) is 0 Å². The zero-order valence-corrected chi connectivity index (χ0v) is 10.4. The molecule has 1 aromatic carbocycles. The zero-order chi connectivity index (χ0) is 11.9. The van der Waals surface area contributed by atoms with Crippen LogP contribution in [0.4, 0.5) is 4.39 Å². The van der Waals surface area contributed by atoms with Gasteiger partial charge in [-0.05, 0) is 43.5 Å². The summed E-state index contributed by atoms with van der Waals surface area (Å²) in [5, 5.41) is 3.63. The second kappa shape index (κ2) is 6.75. The molecule has 1 fully saturated rings. The molecule has 0 aromatic heterocycles. The first-order valence-corrected chi connectivity index (χ1v) is 6.82. The summed E-state index contributed by atoms with van der Waals surface area (Å²) in [4.78, 5) is 0. The van der Waals surface area contributed by atoms with Gasteiger partial charge in [-0.2, -0.15) is 0 Å². The lowest BCUT2D eigenvalue weighted by molar-refractivity contribution is 0.463. The molecule has 2 rings (SSSR count). The number of benzene rings is 1. The maximum Gasteiger partial charge on any atom is 0.123 e. The second-order valence-electron chi connectivity index (χ2n) is 5.02. The summed E-state index contributed by atoms with van der Waals surface area (Å²) in [5.41, 5.74) is 1.22. The fourth-order valence-corrected chi connectivity index (χ4v) is 2.56. The molecule has 0 unspecified atom stereocenters. The first kappa shape index (κ1) is 12.6. The minimum Gasteiger partial charge on any atom is -0.314 e. The lowest BCUT2D eigenvalue weighted by Gasteiger charge is -2.15. The standard InChI is InChI=1S/C15H22FN/c16-14-9-7-13(8-10-14)11-12-17-15-5-3-1-2-4-6-15/h7-10,15,17H,1-6,11-12H2. The van der Waals surface area contributed by atoms with Gasteiger partial charge in [0.25, 0.3) is 0 Å². The molecule has 0 amide bonds. The smallest absolute Gasteiger partial charge is 0.123 e. The Morgan fingerprint density at radius 2 is 1.65 bits per heavy atom. The Hall–Kier alpha value is -0.890. The third-order valence-electron chi connectivity index (χ3n) is 3.62. The van der Waals surface area contributed by atoms with Gasteiger partial charge in [-0.3, -0.25) is 0 Å². The molecule has 1 aromatic rings. The van der Waals surface area contributed by atoms with Crippen molar-refractivity contribution in [3.8, 4) is 0 Å². The highest BCUT2D eigenvalue weighted by atomic mass is 19.1. The third-order valence-corrected chi connectivity index (χ3v) is 3.62. The normalized spacial score (nSPS) is 17.9. The van der Waals surface area contributed by atoms with Crippen LogP contribution in [0.5, 0.6) is 0 Å². The van der Waals surface area contributed by atoms with Gasteiger partial charge < -0.3 is 5.32 Å². The molecule has 2 heteroatoms. The van der Waals surface area contributed by atoms with Crippen molar-refractivity contribution >= 4 is 0 Å². The number of nitrogens with one attached hydrogen (secondary N) is 1. The van der Waals surface area contributed by atoms with Crippen LogP contribution in [0, 0.1) is 5.82 Å². The van der Waals surface area contributed by atoms with Crippen molar-refractivity contribution in [3.05, 3.63) is 35.6 Å². The molecule has 0 bridgehead atoms. The predicted octanol–water partition coefficient (Wildman–Crippen LogP) is 3.68. The summed E-state index contributed by atoms with van der Waals surface area (Å²) in [6, 6.07) is 7.55. The quantitative estimate of drug-likeness (QED) is 0.785. The molecule has 0 aliphatic heterocycles. The Labute approximate surface area is 103 Å². The van der Waals surface area contributed by atoms with Crippen molar-refractivity contribution in [3.63, 3.8) is 0 Å². The molecule has 1 aliphatic rings. The third kappa shape index (κ3) is 4.47. The summed E-state index contributed by atoms with van der Waals surface area (Å²) in [7, 11) is 0. The van der Waals surface area contributed by atoms with Crippen LogP contribution < -0.4 is 5.32 Å². The molecule has 0 saturated heterocycles. The minimum atomic E-state index is -0.148. The lowest BCUT2D eigenvalue weighted by Crippen LogP contribution is -2.30. The van der Waals surface area contributed by atoms with Gasteiger partial charge in [0.2, 0.25) is 0 Å². The highest BCUT2D eigenvalue weighted by Gasteiger charge is 2.10. The molecule has 0 spiro atoms. The van der Waals surface area contributed by atoms with E-state index in [9.17, 15) is 4.39 Å². The van der Waals surface area contributed by atoms with Gasteiger partial charge in [-0.1, -0.05) is 37.8 Å². The largest absolute Gasteiger partial charge is 0.314 e. The maximum atomic E-state index is 12.7. The second-order valence-corrected chi connectivity index (χ2v) is 5.02. The fourth-order valence-electron chi connectivity index (χ4n) is 2.56. The molecule has 0 atom stereocenters. The van der Waals surface area contributed by atoms with Crippen LogP contribution in [0.1, 0.15) is 44.1 Å². The Kier molecular flexibility index (Phi) is 4.99. The van der Waals surface area contributed by atoms with Crippen LogP contribution in [-0.4, -0.2) is 12.6 Å². The fraction of sp³-hybridized carbons (Fsp3) is 0.600. The van der Waals surface area contributed by atoms with E-state index in [-0.39, 0.29) is 5.82 Å². The van der Waals surface area contributed by atoms with E-state index >= 15 is 0 Å². The average molecular weight is 235 g/mol. The Morgan fingerprint density at radius 1 is 1.00 bits per heavy atom. The van der Waals surface area contributed by atoms with Crippen molar-refractivity contribution in [2.75, 3.05) is 6.54 Å². The van der Waals surface area contributed by atoms with Gasteiger partial charge in [0, 0.05) is 6.04 Å². The molecule has 1 nitrogen and oxygen atoms in total. The zero-order valence-electron chi connectivity index (χ0n) is 10.4. The van der Waals surface area contributed by atoms with Gasteiger partial charge in [-0.15, -0.1) is 0 Å². The van der Waals surface area contributed by atoms with E-state index in [1.165, 1.54) is 44.1 Å². The number of rotatable bonds is 4. The molecule has 1 aliphatic carbocycles. The topological polar surface area (TPSA) is 12.0 Å². The summed E-state index contributed by atoms with van der Waals surface area (Å²) in [5.74, 6) is -0.148. The molecular formula is C15H22FN. The van der Waals surface area contributed by atoms with Crippen molar-refractivity contribution in [2.24, 2.45) is 0 Å². The van der Waals surface area contributed by atoms with Crippen molar-refractivity contribution in [1.82, 2.24) is 5.32 Å². The van der Waals surface area contributed by atoms with Crippen LogP contribution >= 0.6 is 0 Å². The molecule has 94 valence electrons.